The van der Waals surface area contributed by atoms with E-state index in [4.69, 9.17) is 5.41 Å². The molecule has 0 aromatic carbocycles. The molecule has 0 heterocycles. The van der Waals surface area contributed by atoms with Gasteiger partial charge in [-0.15, -0.1) is 0 Å². The van der Waals surface area contributed by atoms with Crippen molar-refractivity contribution < 1.29 is 14.7 Å². The molecule has 0 bridgehead atoms. The summed E-state index contributed by atoms with van der Waals surface area (Å²) in [4.78, 5) is 24.7. The summed E-state index contributed by atoms with van der Waals surface area (Å²) in [6.07, 6.45) is 8.03. The van der Waals surface area contributed by atoms with Crippen molar-refractivity contribution in [2.45, 2.75) is 85.7 Å². The van der Waals surface area contributed by atoms with Gasteiger partial charge in [0.2, 0.25) is 0 Å². The van der Waals surface area contributed by atoms with Crippen molar-refractivity contribution in [3.63, 3.8) is 0 Å². The van der Waals surface area contributed by atoms with Crippen LogP contribution in [0.3, 0.4) is 0 Å². The van der Waals surface area contributed by atoms with Crippen LogP contribution in [0.25, 0.3) is 0 Å². The molecule has 4 nitrogen and oxygen atoms in total. The molecule has 0 amide bonds. The summed E-state index contributed by atoms with van der Waals surface area (Å²) in [6.45, 7) is 9.66. The molecule has 0 aromatic heterocycles. The zero-order chi connectivity index (χ0) is 20.4. The lowest BCUT2D eigenvalue weighted by Gasteiger charge is -2.47. The minimum absolute atomic E-state index is 0.0585. The van der Waals surface area contributed by atoms with Gasteiger partial charge in [0.1, 0.15) is 6.10 Å². The molecule has 150 valence electrons. The zero-order valence-corrected chi connectivity index (χ0v) is 17.5. The van der Waals surface area contributed by atoms with Crippen molar-refractivity contribution in [1.29, 1.82) is 5.41 Å². The fourth-order valence-corrected chi connectivity index (χ4v) is 5.00. The molecule has 4 heteroatoms. The molecule has 2 aliphatic rings. The number of aliphatic hydroxyl groups is 1. The molecule has 0 saturated heterocycles. The monoisotopic (exact) mass is 373 g/mol. The molecule has 0 aliphatic heterocycles. The van der Waals surface area contributed by atoms with Gasteiger partial charge >= 0.3 is 0 Å². The van der Waals surface area contributed by atoms with Crippen LogP contribution in [0.2, 0.25) is 0 Å². The van der Waals surface area contributed by atoms with E-state index >= 15 is 0 Å². The fourth-order valence-electron chi connectivity index (χ4n) is 5.00. The molecule has 2 aliphatic carbocycles. The van der Waals surface area contributed by atoms with Gasteiger partial charge in [-0.1, -0.05) is 32.4 Å². The topological polar surface area (TPSA) is 78.2 Å². The first-order chi connectivity index (χ1) is 12.6. The third-order valence-electron chi connectivity index (χ3n) is 7.24. The van der Waals surface area contributed by atoms with Gasteiger partial charge in [0.05, 0.1) is 0 Å². The molecule has 0 unspecified atom stereocenters. The summed E-state index contributed by atoms with van der Waals surface area (Å²) in [5.41, 5.74) is 1.93. The summed E-state index contributed by atoms with van der Waals surface area (Å²) in [7, 11) is 0. The Morgan fingerprint density at radius 2 is 2.00 bits per heavy atom. The van der Waals surface area contributed by atoms with Crippen molar-refractivity contribution in [2.24, 2.45) is 16.7 Å². The van der Waals surface area contributed by atoms with Gasteiger partial charge in [0.25, 0.3) is 0 Å². The predicted molar refractivity (Wildman–Crippen MR) is 109 cm³/mol. The number of Topliss-reactive ketones (excluding diaryl/α,β-unsaturated/α-hetero) is 1. The van der Waals surface area contributed by atoms with Crippen molar-refractivity contribution >= 4 is 17.3 Å². The molecule has 2 saturated carbocycles. The van der Waals surface area contributed by atoms with E-state index in [1.165, 1.54) is 0 Å². The predicted octanol–water partition coefficient (Wildman–Crippen LogP) is 4.80. The molecule has 2 N–H and O–H groups in total. The highest BCUT2D eigenvalue weighted by molar-refractivity contribution is 6.02. The number of fused-ring (bicyclic) bond motifs is 1. The Balaban J connectivity index is 2.09. The maximum absolute atomic E-state index is 12.7. The number of hydrogen-bond donors (Lipinski definition) is 2. The van der Waals surface area contributed by atoms with Crippen LogP contribution in [0.4, 0.5) is 0 Å². The van der Waals surface area contributed by atoms with E-state index in [1.807, 2.05) is 20.8 Å². The average Bonchev–Trinajstić information content (AvgIpc) is 2.89. The third kappa shape index (κ3) is 4.01. The molecule has 0 aromatic rings. The van der Waals surface area contributed by atoms with E-state index < -0.39 is 11.5 Å². The summed E-state index contributed by atoms with van der Waals surface area (Å²) in [5, 5.41) is 18.6. The number of allylic oxidation sites excluding steroid dienone is 4. The summed E-state index contributed by atoms with van der Waals surface area (Å²) >= 11 is 0. The minimum Gasteiger partial charge on any atom is -0.386 e. The molecule has 2 rings (SSSR count). The standard InChI is InChI=1S/C23H35NO3/c1-6-15(2)14-18(26)9-7-8-17-10-12-22(4)19(20(17)24)11-13-23(22,5)21(27)16(3)25/h8,14,16,19,24-25H,6-7,9-13H2,1-5H3/b15-14+,17-8+,24-20?/t16-,19-,22-,23+/m0/s1. The van der Waals surface area contributed by atoms with E-state index in [0.29, 0.717) is 18.6 Å². The summed E-state index contributed by atoms with van der Waals surface area (Å²) in [5.74, 6) is 0.119. The second kappa shape index (κ2) is 8.22. The van der Waals surface area contributed by atoms with Crippen molar-refractivity contribution in [3.8, 4) is 0 Å². The maximum Gasteiger partial charge on any atom is 0.167 e. The quantitative estimate of drug-likeness (QED) is 0.629. The maximum atomic E-state index is 12.7. The SMILES string of the molecule is CC/C(C)=C/C(=O)CC/C=C1\CC[C@@]2(C)[C@@H](CC[C@]2(C)C(=O)[C@H](C)O)C1=N. The van der Waals surface area contributed by atoms with Crippen LogP contribution in [0.15, 0.2) is 23.3 Å². The van der Waals surface area contributed by atoms with E-state index in [0.717, 1.165) is 43.3 Å². The molecule has 0 spiro atoms. The second-order valence-corrected chi connectivity index (χ2v) is 8.87. The third-order valence-corrected chi connectivity index (χ3v) is 7.24. The number of hydrogen-bond acceptors (Lipinski definition) is 4. The zero-order valence-electron chi connectivity index (χ0n) is 17.5. The van der Waals surface area contributed by atoms with Crippen LogP contribution >= 0.6 is 0 Å². The van der Waals surface area contributed by atoms with Crippen LogP contribution in [0, 0.1) is 22.2 Å². The summed E-state index contributed by atoms with van der Waals surface area (Å²) < 4.78 is 0. The number of nitrogens with one attached hydrogen (secondary N) is 1. The van der Waals surface area contributed by atoms with Gasteiger partial charge in [-0.05, 0) is 69.4 Å². The highest BCUT2D eigenvalue weighted by Crippen LogP contribution is 2.62. The average molecular weight is 374 g/mol. The Hall–Kier alpha value is -1.55. The first kappa shape index (κ1) is 21.7. The number of aliphatic hydroxyl groups excluding tert-OH is 1. The molecule has 2 fully saturated rings. The van der Waals surface area contributed by atoms with Crippen LogP contribution in [-0.4, -0.2) is 28.5 Å². The van der Waals surface area contributed by atoms with Gasteiger partial charge in [0.15, 0.2) is 11.6 Å². The Bertz CT molecular complexity index is 688. The fraction of sp³-hybridized carbons (Fsp3) is 0.696. The first-order valence-electron chi connectivity index (χ1n) is 10.3. The number of rotatable bonds is 7. The van der Waals surface area contributed by atoms with Gasteiger partial charge in [0, 0.05) is 23.5 Å². The Kier molecular flexibility index (Phi) is 6.62. The van der Waals surface area contributed by atoms with Crippen molar-refractivity contribution in [3.05, 3.63) is 23.3 Å². The van der Waals surface area contributed by atoms with Gasteiger partial charge in [-0.3, -0.25) is 9.59 Å². The Morgan fingerprint density at radius 3 is 2.59 bits per heavy atom. The molecule has 27 heavy (non-hydrogen) atoms. The Labute approximate surface area is 163 Å². The highest BCUT2D eigenvalue weighted by atomic mass is 16.3. The van der Waals surface area contributed by atoms with Crippen molar-refractivity contribution in [2.75, 3.05) is 0 Å². The smallest absolute Gasteiger partial charge is 0.167 e. The van der Waals surface area contributed by atoms with Crippen molar-refractivity contribution in [1.82, 2.24) is 0 Å². The van der Waals surface area contributed by atoms with Gasteiger partial charge in [-0.25, -0.2) is 0 Å². The number of carbonyl (C=O) groups excluding carboxylic acids is 2. The van der Waals surface area contributed by atoms with Crippen LogP contribution in [0.5, 0.6) is 0 Å². The highest BCUT2D eigenvalue weighted by Gasteiger charge is 2.60. The summed E-state index contributed by atoms with van der Waals surface area (Å²) in [6, 6.07) is 0. The lowest BCUT2D eigenvalue weighted by atomic mass is 9.55. The molecule has 4 atom stereocenters. The largest absolute Gasteiger partial charge is 0.386 e. The molecular weight excluding hydrogens is 338 g/mol. The lowest BCUT2D eigenvalue weighted by Crippen LogP contribution is -2.49. The van der Waals surface area contributed by atoms with E-state index in [2.05, 4.69) is 13.0 Å². The number of carbonyl (C=O) groups is 2. The van der Waals surface area contributed by atoms with Gasteiger partial charge < -0.3 is 10.5 Å². The van der Waals surface area contributed by atoms with Crippen LogP contribution in [0.1, 0.15) is 79.6 Å². The number of ketones is 2. The van der Waals surface area contributed by atoms with E-state index in [1.54, 1.807) is 13.0 Å². The normalized spacial score (nSPS) is 33.9. The van der Waals surface area contributed by atoms with Crippen LogP contribution in [-0.2, 0) is 9.59 Å². The minimum atomic E-state index is -0.956. The van der Waals surface area contributed by atoms with E-state index in [-0.39, 0.29) is 22.9 Å². The van der Waals surface area contributed by atoms with Gasteiger partial charge in [-0.2, -0.15) is 0 Å². The molecule has 0 radical (unpaired) electrons. The second-order valence-electron chi connectivity index (χ2n) is 8.87. The Morgan fingerprint density at radius 1 is 1.33 bits per heavy atom. The van der Waals surface area contributed by atoms with Crippen LogP contribution < -0.4 is 0 Å². The van der Waals surface area contributed by atoms with E-state index in [9.17, 15) is 14.7 Å². The first-order valence-corrected chi connectivity index (χ1v) is 10.3. The molecular formula is C23H35NO3. The lowest BCUT2D eigenvalue weighted by molar-refractivity contribution is -0.142.